The van der Waals surface area contributed by atoms with E-state index in [1.165, 1.54) is 6.07 Å². The Balaban J connectivity index is 2.46. The molecule has 0 aromatic heterocycles. The maximum absolute atomic E-state index is 13.9. The number of hydrogen-bond donors (Lipinski definition) is 1. The molecule has 2 N–H and O–H groups in total. The fraction of sp³-hybridized carbons (Fsp3) is 0.200. The zero-order chi connectivity index (χ0) is 14.0. The third-order valence-electron chi connectivity index (χ3n) is 2.79. The second kappa shape index (κ2) is 5.59. The summed E-state index contributed by atoms with van der Waals surface area (Å²) in [5, 5.41) is 0.435. The fourth-order valence-corrected chi connectivity index (χ4v) is 1.95. The molecule has 0 aliphatic heterocycles. The number of para-hydroxylation sites is 1. The molecule has 0 amide bonds. The zero-order valence-electron chi connectivity index (χ0n) is 10.8. The predicted molar refractivity (Wildman–Crippen MR) is 75.3 cm³/mol. The lowest BCUT2D eigenvalue weighted by atomic mass is 10.1. The van der Waals surface area contributed by atoms with Gasteiger partial charge in [0.25, 0.3) is 0 Å². The van der Waals surface area contributed by atoms with Gasteiger partial charge >= 0.3 is 0 Å². The summed E-state index contributed by atoms with van der Waals surface area (Å²) in [7, 11) is 0. The maximum atomic E-state index is 13.9. The van der Waals surface area contributed by atoms with Gasteiger partial charge in [-0.1, -0.05) is 29.8 Å². The van der Waals surface area contributed by atoms with Gasteiger partial charge in [-0.2, -0.15) is 0 Å². The molecule has 19 heavy (non-hydrogen) atoms. The van der Waals surface area contributed by atoms with Crippen LogP contribution in [-0.2, 0) is 0 Å². The Kier molecular flexibility index (Phi) is 4.08. The highest BCUT2D eigenvalue weighted by Gasteiger charge is 2.15. The molecular formula is C15H15ClFNO. The lowest BCUT2D eigenvalue weighted by molar-refractivity contribution is 0.432. The van der Waals surface area contributed by atoms with E-state index in [2.05, 4.69) is 0 Å². The van der Waals surface area contributed by atoms with E-state index in [9.17, 15) is 4.39 Å². The van der Waals surface area contributed by atoms with Gasteiger partial charge in [-0.05, 0) is 37.6 Å². The van der Waals surface area contributed by atoms with E-state index in [0.29, 0.717) is 16.3 Å². The fourth-order valence-electron chi connectivity index (χ4n) is 1.79. The van der Waals surface area contributed by atoms with Crippen molar-refractivity contribution in [1.82, 2.24) is 0 Å². The van der Waals surface area contributed by atoms with Crippen LogP contribution >= 0.6 is 11.6 Å². The third-order valence-corrected chi connectivity index (χ3v) is 3.10. The largest absolute Gasteiger partial charge is 0.452 e. The second-order valence-corrected chi connectivity index (χ2v) is 4.89. The molecule has 2 aromatic rings. The van der Waals surface area contributed by atoms with Crippen LogP contribution in [-0.4, -0.2) is 0 Å². The number of nitrogens with two attached hydrogens (primary N) is 1. The van der Waals surface area contributed by atoms with Gasteiger partial charge in [0.05, 0.1) is 5.02 Å². The van der Waals surface area contributed by atoms with Crippen molar-refractivity contribution in [3.8, 4) is 11.5 Å². The molecular weight excluding hydrogens is 265 g/mol. The van der Waals surface area contributed by atoms with Crippen molar-refractivity contribution in [1.29, 1.82) is 0 Å². The highest BCUT2D eigenvalue weighted by molar-refractivity contribution is 6.32. The Morgan fingerprint density at radius 1 is 1.26 bits per heavy atom. The minimum atomic E-state index is -0.452. The average Bonchev–Trinajstić information content (AvgIpc) is 2.35. The molecule has 2 nitrogen and oxygen atoms in total. The van der Waals surface area contributed by atoms with Crippen LogP contribution in [0.3, 0.4) is 0 Å². The van der Waals surface area contributed by atoms with E-state index in [1.54, 1.807) is 31.2 Å². The SMILES string of the molecule is Cc1ccc(Cl)c(Oc2c(F)cccc2[C@H](C)N)c1. The Morgan fingerprint density at radius 2 is 2.00 bits per heavy atom. The highest BCUT2D eigenvalue weighted by Crippen LogP contribution is 2.35. The zero-order valence-corrected chi connectivity index (χ0v) is 11.5. The van der Waals surface area contributed by atoms with E-state index >= 15 is 0 Å². The molecule has 100 valence electrons. The summed E-state index contributed by atoms with van der Waals surface area (Å²) in [5.74, 6) is 0.103. The summed E-state index contributed by atoms with van der Waals surface area (Å²) in [4.78, 5) is 0. The van der Waals surface area contributed by atoms with Gasteiger partial charge in [0.15, 0.2) is 11.6 Å². The minimum Gasteiger partial charge on any atom is -0.452 e. The average molecular weight is 280 g/mol. The second-order valence-electron chi connectivity index (χ2n) is 4.48. The Labute approximate surface area is 117 Å². The maximum Gasteiger partial charge on any atom is 0.167 e. The van der Waals surface area contributed by atoms with Crippen LogP contribution in [0.15, 0.2) is 36.4 Å². The normalized spacial score (nSPS) is 12.3. The molecule has 2 rings (SSSR count). The smallest absolute Gasteiger partial charge is 0.167 e. The molecule has 4 heteroatoms. The van der Waals surface area contributed by atoms with Gasteiger partial charge in [0.1, 0.15) is 5.75 Å². The molecule has 0 aliphatic carbocycles. The molecule has 0 bridgehead atoms. The predicted octanol–water partition coefficient (Wildman–Crippen LogP) is 4.60. The van der Waals surface area contributed by atoms with Crippen molar-refractivity contribution in [2.75, 3.05) is 0 Å². The van der Waals surface area contributed by atoms with Crippen LogP contribution in [0.25, 0.3) is 0 Å². The first kappa shape index (κ1) is 13.8. The number of aryl methyl sites for hydroxylation is 1. The number of ether oxygens (including phenoxy) is 1. The molecule has 0 saturated carbocycles. The van der Waals surface area contributed by atoms with Gasteiger partial charge in [0, 0.05) is 11.6 Å². The standard InChI is InChI=1S/C15H15ClFNO/c1-9-6-7-12(16)14(8-9)19-15-11(10(2)18)4-3-5-13(15)17/h3-8,10H,18H2,1-2H3/t10-/m0/s1. The molecule has 1 atom stereocenters. The van der Waals surface area contributed by atoms with E-state index in [-0.39, 0.29) is 11.8 Å². The Morgan fingerprint density at radius 3 is 2.68 bits per heavy atom. The summed E-state index contributed by atoms with van der Waals surface area (Å²) < 4.78 is 19.5. The van der Waals surface area contributed by atoms with Crippen molar-refractivity contribution >= 4 is 11.6 Å². The van der Waals surface area contributed by atoms with E-state index in [1.807, 2.05) is 13.0 Å². The summed E-state index contributed by atoms with van der Waals surface area (Å²) in [6.07, 6.45) is 0. The molecule has 2 aromatic carbocycles. The van der Waals surface area contributed by atoms with Crippen LogP contribution < -0.4 is 10.5 Å². The Bertz CT molecular complexity index is 599. The number of halogens is 2. The summed E-state index contributed by atoms with van der Waals surface area (Å²) in [5.41, 5.74) is 7.42. The van der Waals surface area contributed by atoms with Crippen LogP contribution in [0.1, 0.15) is 24.1 Å². The summed E-state index contributed by atoms with van der Waals surface area (Å²) >= 11 is 6.05. The van der Waals surface area contributed by atoms with Crippen molar-refractivity contribution in [3.63, 3.8) is 0 Å². The topological polar surface area (TPSA) is 35.2 Å². The first-order chi connectivity index (χ1) is 8.99. The van der Waals surface area contributed by atoms with Crippen LogP contribution in [0.2, 0.25) is 5.02 Å². The molecule has 0 aliphatic rings. The molecule has 0 heterocycles. The molecule has 0 spiro atoms. The molecule has 0 saturated heterocycles. The van der Waals surface area contributed by atoms with E-state index in [4.69, 9.17) is 22.1 Å². The summed E-state index contributed by atoms with van der Waals surface area (Å²) in [6, 6.07) is 9.71. The van der Waals surface area contributed by atoms with Crippen LogP contribution in [0, 0.1) is 12.7 Å². The Hall–Kier alpha value is -1.58. The quantitative estimate of drug-likeness (QED) is 0.891. The monoisotopic (exact) mass is 279 g/mol. The van der Waals surface area contributed by atoms with Crippen LogP contribution in [0.4, 0.5) is 4.39 Å². The minimum absolute atomic E-state index is 0.130. The van der Waals surface area contributed by atoms with Gasteiger partial charge in [0.2, 0.25) is 0 Å². The molecule has 0 fully saturated rings. The van der Waals surface area contributed by atoms with Gasteiger partial charge in [-0.15, -0.1) is 0 Å². The van der Waals surface area contributed by atoms with E-state index in [0.717, 1.165) is 5.56 Å². The molecule has 0 radical (unpaired) electrons. The summed E-state index contributed by atoms with van der Waals surface area (Å²) in [6.45, 7) is 3.69. The third kappa shape index (κ3) is 3.06. The lowest BCUT2D eigenvalue weighted by Crippen LogP contribution is -2.07. The van der Waals surface area contributed by atoms with Gasteiger partial charge in [-0.25, -0.2) is 4.39 Å². The molecule has 0 unspecified atom stereocenters. The first-order valence-electron chi connectivity index (χ1n) is 5.97. The van der Waals surface area contributed by atoms with Gasteiger partial charge < -0.3 is 10.5 Å². The van der Waals surface area contributed by atoms with Gasteiger partial charge in [-0.3, -0.25) is 0 Å². The first-order valence-corrected chi connectivity index (χ1v) is 6.35. The van der Waals surface area contributed by atoms with Crippen LogP contribution in [0.5, 0.6) is 11.5 Å². The van der Waals surface area contributed by atoms with Crippen molar-refractivity contribution in [3.05, 3.63) is 58.4 Å². The van der Waals surface area contributed by atoms with E-state index < -0.39 is 5.82 Å². The lowest BCUT2D eigenvalue weighted by Gasteiger charge is -2.15. The highest BCUT2D eigenvalue weighted by atomic mass is 35.5. The number of benzene rings is 2. The number of hydrogen-bond acceptors (Lipinski definition) is 2. The van der Waals surface area contributed by atoms with Crippen molar-refractivity contribution in [2.45, 2.75) is 19.9 Å². The number of rotatable bonds is 3. The van der Waals surface area contributed by atoms with Crippen molar-refractivity contribution in [2.24, 2.45) is 5.73 Å². The van der Waals surface area contributed by atoms with Crippen molar-refractivity contribution < 1.29 is 9.13 Å².